The minimum atomic E-state index is -0.244. The lowest BCUT2D eigenvalue weighted by Gasteiger charge is -2.18. The van der Waals surface area contributed by atoms with Gasteiger partial charge in [0.05, 0.1) is 6.54 Å². The van der Waals surface area contributed by atoms with Crippen LogP contribution in [-0.4, -0.2) is 36.5 Å². The third-order valence-corrected chi connectivity index (χ3v) is 3.62. The van der Waals surface area contributed by atoms with Gasteiger partial charge in [0.15, 0.2) is 0 Å². The highest BCUT2D eigenvalue weighted by atomic mass is 19.1. The number of nitrogens with zero attached hydrogens (tertiary/aromatic N) is 1. The number of nitrogens with one attached hydrogen (secondary N) is 1. The van der Waals surface area contributed by atoms with Crippen molar-refractivity contribution in [1.29, 1.82) is 0 Å². The van der Waals surface area contributed by atoms with E-state index in [0.29, 0.717) is 13.1 Å². The van der Waals surface area contributed by atoms with E-state index in [1.807, 2.05) is 11.9 Å². The Morgan fingerprint density at radius 3 is 2.70 bits per heavy atom. The summed E-state index contributed by atoms with van der Waals surface area (Å²) in [6, 6.07) is 6.78. The summed E-state index contributed by atoms with van der Waals surface area (Å²) >= 11 is 0. The van der Waals surface area contributed by atoms with Crippen LogP contribution in [0.4, 0.5) is 4.39 Å². The molecule has 1 fully saturated rings. The number of carbonyl (C=O) groups excluding carboxylic acids is 1. The minimum absolute atomic E-state index is 0.0220. The molecule has 1 aromatic rings. The number of rotatable bonds is 5. The fraction of sp³-hybridized carbons (Fsp3) is 0.533. The number of likely N-dealkylation sites (N-methyl/N-ethyl adjacent to an activating group) is 1. The largest absolute Gasteiger partial charge is 0.352 e. The molecule has 20 heavy (non-hydrogen) atoms. The van der Waals surface area contributed by atoms with Crippen molar-refractivity contribution < 1.29 is 9.18 Å². The zero-order valence-corrected chi connectivity index (χ0v) is 11.8. The lowest BCUT2D eigenvalue weighted by atomic mass is 10.2. The molecule has 0 aromatic heterocycles. The quantitative estimate of drug-likeness (QED) is 0.853. The van der Waals surface area contributed by atoms with Crippen molar-refractivity contribution in [3.05, 3.63) is 35.6 Å². The van der Waals surface area contributed by atoms with Crippen LogP contribution in [0.25, 0.3) is 0 Å². The van der Waals surface area contributed by atoms with E-state index < -0.39 is 0 Å². The predicted octanol–water partition coefficient (Wildman–Crippen LogP) is 1.25. The van der Waals surface area contributed by atoms with Gasteiger partial charge in [-0.25, -0.2) is 4.39 Å². The SMILES string of the molecule is CN(CC(=O)N[C@@H]1CC[C@@H](N)C1)Cc1ccc(F)cc1. The third kappa shape index (κ3) is 4.58. The molecule has 2 rings (SSSR count). The summed E-state index contributed by atoms with van der Waals surface area (Å²) in [6.45, 7) is 0.959. The normalized spacial score (nSPS) is 22.2. The van der Waals surface area contributed by atoms with Gasteiger partial charge in [0.1, 0.15) is 5.82 Å². The van der Waals surface area contributed by atoms with Crippen molar-refractivity contribution in [2.45, 2.75) is 37.9 Å². The maximum absolute atomic E-state index is 12.8. The third-order valence-electron chi connectivity index (χ3n) is 3.62. The average Bonchev–Trinajstić information content (AvgIpc) is 2.77. The molecular weight excluding hydrogens is 257 g/mol. The van der Waals surface area contributed by atoms with E-state index in [1.165, 1.54) is 12.1 Å². The smallest absolute Gasteiger partial charge is 0.234 e. The topological polar surface area (TPSA) is 58.4 Å². The molecule has 0 unspecified atom stereocenters. The number of nitrogens with two attached hydrogens (primary N) is 1. The second-order valence-electron chi connectivity index (χ2n) is 5.64. The van der Waals surface area contributed by atoms with E-state index in [0.717, 1.165) is 24.8 Å². The van der Waals surface area contributed by atoms with Crippen LogP contribution < -0.4 is 11.1 Å². The number of halogens is 1. The van der Waals surface area contributed by atoms with Gasteiger partial charge in [-0.3, -0.25) is 9.69 Å². The lowest BCUT2D eigenvalue weighted by molar-refractivity contribution is -0.122. The first-order valence-electron chi connectivity index (χ1n) is 7.01. The van der Waals surface area contributed by atoms with Crippen molar-refractivity contribution in [3.8, 4) is 0 Å². The van der Waals surface area contributed by atoms with Gasteiger partial charge in [0, 0.05) is 18.6 Å². The number of amides is 1. The van der Waals surface area contributed by atoms with E-state index in [-0.39, 0.29) is 23.8 Å². The van der Waals surface area contributed by atoms with Gasteiger partial charge in [0.25, 0.3) is 0 Å². The van der Waals surface area contributed by atoms with Crippen molar-refractivity contribution in [2.75, 3.05) is 13.6 Å². The molecule has 2 atom stereocenters. The molecule has 1 amide bonds. The van der Waals surface area contributed by atoms with Gasteiger partial charge < -0.3 is 11.1 Å². The fourth-order valence-corrected chi connectivity index (χ4v) is 2.62. The highest BCUT2D eigenvalue weighted by Gasteiger charge is 2.23. The van der Waals surface area contributed by atoms with Gasteiger partial charge in [-0.2, -0.15) is 0 Å². The Bertz CT molecular complexity index is 449. The minimum Gasteiger partial charge on any atom is -0.352 e. The molecule has 1 aliphatic carbocycles. The predicted molar refractivity (Wildman–Crippen MR) is 76.5 cm³/mol. The second kappa shape index (κ2) is 6.81. The zero-order valence-electron chi connectivity index (χ0n) is 11.8. The molecule has 3 N–H and O–H groups in total. The van der Waals surface area contributed by atoms with Crippen LogP contribution >= 0.6 is 0 Å². The molecule has 1 aliphatic rings. The Labute approximate surface area is 119 Å². The highest BCUT2D eigenvalue weighted by molar-refractivity contribution is 5.78. The first-order chi connectivity index (χ1) is 9.52. The second-order valence-corrected chi connectivity index (χ2v) is 5.64. The van der Waals surface area contributed by atoms with Crippen molar-refractivity contribution in [3.63, 3.8) is 0 Å². The van der Waals surface area contributed by atoms with E-state index in [4.69, 9.17) is 5.73 Å². The molecule has 0 radical (unpaired) electrons. The molecule has 0 heterocycles. The van der Waals surface area contributed by atoms with Crippen LogP contribution in [0.15, 0.2) is 24.3 Å². The molecular formula is C15H22FN3O. The number of hydrogen-bond acceptors (Lipinski definition) is 3. The molecule has 0 bridgehead atoms. The first-order valence-corrected chi connectivity index (χ1v) is 7.01. The molecule has 1 saturated carbocycles. The van der Waals surface area contributed by atoms with Crippen molar-refractivity contribution >= 4 is 5.91 Å². The molecule has 5 heteroatoms. The Balaban J connectivity index is 1.74. The van der Waals surface area contributed by atoms with Crippen LogP contribution in [0.5, 0.6) is 0 Å². The molecule has 1 aromatic carbocycles. The summed E-state index contributed by atoms with van der Waals surface area (Å²) < 4.78 is 12.8. The van der Waals surface area contributed by atoms with Crippen LogP contribution in [0.1, 0.15) is 24.8 Å². The zero-order chi connectivity index (χ0) is 14.5. The van der Waals surface area contributed by atoms with Crippen molar-refractivity contribution in [1.82, 2.24) is 10.2 Å². The van der Waals surface area contributed by atoms with Gasteiger partial charge in [-0.05, 0) is 44.0 Å². The Hall–Kier alpha value is -1.46. The molecule has 0 aliphatic heterocycles. The standard InChI is InChI=1S/C15H22FN3O/c1-19(9-11-2-4-12(16)5-3-11)10-15(20)18-14-7-6-13(17)8-14/h2-5,13-14H,6-10,17H2,1H3,(H,18,20)/t13-,14-/m1/s1. The summed E-state index contributed by atoms with van der Waals surface area (Å²) in [4.78, 5) is 13.8. The van der Waals surface area contributed by atoms with E-state index in [9.17, 15) is 9.18 Å². The summed E-state index contributed by atoms with van der Waals surface area (Å²) in [5, 5.41) is 3.01. The van der Waals surface area contributed by atoms with Crippen LogP contribution in [0.3, 0.4) is 0 Å². The Kier molecular flexibility index (Phi) is 5.09. The first kappa shape index (κ1) is 14.9. The summed E-state index contributed by atoms with van der Waals surface area (Å²) in [5.74, 6) is -0.222. The summed E-state index contributed by atoms with van der Waals surface area (Å²) in [6.07, 6.45) is 2.82. The van der Waals surface area contributed by atoms with E-state index in [2.05, 4.69) is 5.32 Å². The monoisotopic (exact) mass is 279 g/mol. The van der Waals surface area contributed by atoms with Crippen LogP contribution in [0, 0.1) is 5.82 Å². The van der Waals surface area contributed by atoms with E-state index >= 15 is 0 Å². The molecule has 4 nitrogen and oxygen atoms in total. The van der Waals surface area contributed by atoms with E-state index in [1.54, 1.807) is 12.1 Å². The number of hydrogen-bond donors (Lipinski definition) is 2. The fourth-order valence-electron chi connectivity index (χ4n) is 2.62. The summed E-state index contributed by atoms with van der Waals surface area (Å²) in [7, 11) is 1.88. The summed E-state index contributed by atoms with van der Waals surface area (Å²) in [5.41, 5.74) is 6.81. The molecule has 0 spiro atoms. The number of carbonyl (C=O) groups is 1. The maximum Gasteiger partial charge on any atom is 0.234 e. The van der Waals surface area contributed by atoms with Crippen LogP contribution in [-0.2, 0) is 11.3 Å². The van der Waals surface area contributed by atoms with Crippen molar-refractivity contribution in [2.24, 2.45) is 5.73 Å². The Morgan fingerprint density at radius 2 is 2.10 bits per heavy atom. The number of benzene rings is 1. The maximum atomic E-state index is 12.8. The van der Waals surface area contributed by atoms with Crippen LogP contribution in [0.2, 0.25) is 0 Å². The van der Waals surface area contributed by atoms with Gasteiger partial charge >= 0.3 is 0 Å². The Morgan fingerprint density at radius 1 is 1.40 bits per heavy atom. The average molecular weight is 279 g/mol. The van der Waals surface area contributed by atoms with Gasteiger partial charge in [0.2, 0.25) is 5.91 Å². The lowest BCUT2D eigenvalue weighted by Crippen LogP contribution is -2.40. The highest BCUT2D eigenvalue weighted by Crippen LogP contribution is 2.16. The van der Waals surface area contributed by atoms with Gasteiger partial charge in [-0.15, -0.1) is 0 Å². The van der Waals surface area contributed by atoms with Gasteiger partial charge in [-0.1, -0.05) is 12.1 Å². The molecule has 0 saturated heterocycles. The molecule has 110 valence electrons.